The molecule has 0 amide bonds. The van der Waals surface area contributed by atoms with E-state index < -0.39 is 0 Å². The Hall–Kier alpha value is -1.60. The van der Waals surface area contributed by atoms with Crippen molar-refractivity contribution in [2.45, 2.75) is 45.1 Å². The van der Waals surface area contributed by atoms with E-state index in [9.17, 15) is 0 Å². The first kappa shape index (κ1) is 16.3. The van der Waals surface area contributed by atoms with Gasteiger partial charge in [0.05, 0.1) is 17.9 Å². The number of piperazine rings is 1. The largest absolute Gasteiger partial charge is 0.373 e. The number of amidine groups is 1. The normalized spacial score (nSPS) is 29.0. The molecule has 2 unspecified atom stereocenters. The van der Waals surface area contributed by atoms with Gasteiger partial charge in [-0.3, -0.25) is 5.41 Å². The molecule has 0 bridgehead atoms. The molecule has 0 aliphatic carbocycles. The number of anilines is 1. The summed E-state index contributed by atoms with van der Waals surface area (Å²) in [6, 6.07) is 0.455. The van der Waals surface area contributed by atoms with E-state index >= 15 is 0 Å². The molecule has 3 rings (SSSR count). The topological polar surface area (TPSA) is 69.4 Å². The summed E-state index contributed by atoms with van der Waals surface area (Å²) in [4.78, 5) is 4.48. The Morgan fingerprint density at radius 3 is 2.74 bits per heavy atom. The number of hydrogen-bond acceptors (Lipinski definition) is 5. The highest BCUT2D eigenvalue weighted by Crippen LogP contribution is 2.31. The maximum atomic E-state index is 8.62. The van der Waals surface area contributed by atoms with Crippen LogP contribution < -0.4 is 5.32 Å². The summed E-state index contributed by atoms with van der Waals surface area (Å²) in [5.74, 6) is 1.42. The Balaban J connectivity index is 1.80. The van der Waals surface area contributed by atoms with Gasteiger partial charge in [0.1, 0.15) is 11.7 Å². The molecule has 2 N–H and O–H groups in total. The van der Waals surface area contributed by atoms with E-state index in [1.807, 2.05) is 11.7 Å². The Labute approximate surface area is 138 Å². The van der Waals surface area contributed by atoms with Crippen LogP contribution in [-0.4, -0.2) is 71.3 Å². The summed E-state index contributed by atoms with van der Waals surface area (Å²) in [5, 5.41) is 16.3. The van der Waals surface area contributed by atoms with Gasteiger partial charge in [0.25, 0.3) is 0 Å². The molecule has 2 fully saturated rings. The molecule has 1 aromatic heterocycles. The van der Waals surface area contributed by atoms with Crippen molar-refractivity contribution in [3.05, 3.63) is 11.8 Å². The predicted octanol–water partition coefficient (Wildman–Crippen LogP) is 1.58. The van der Waals surface area contributed by atoms with Crippen LogP contribution in [-0.2, 0) is 4.74 Å². The van der Waals surface area contributed by atoms with Crippen LogP contribution >= 0.6 is 0 Å². The lowest BCUT2D eigenvalue weighted by Gasteiger charge is -2.38. The molecule has 0 radical (unpaired) electrons. The molecular formula is C16H28N6O. The lowest BCUT2D eigenvalue weighted by Crippen LogP contribution is -2.52. The lowest BCUT2D eigenvalue weighted by atomic mass is 10.1. The molecule has 2 saturated heterocycles. The van der Waals surface area contributed by atoms with Crippen molar-refractivity contribution in [3.8, 4) is 0 Å². The predicted molar refractivity (Wildman–Crippen MR) is 91.1 cm³/mol. The van der Waals surface area contributed by atoms with Gasteiger partial charge in [-0.15, -0.1) is 0 Å². The van der Waals surface area contributed by atoms with Gasteiger partial charge < -0.3 is 19.9 Å². The van der Waals surface area contributed by atoms with E-state index in [1.165, 1.54) is 0 Å². The van der Waals surface area contributed by atoms with Crippen LogP contribution in [0, 0.1) is 5.41 Å². The lowest BCUT2D eigenvalue weighted by molar-refractivity contribution is 0.00464. The fourth-order valence-corrected chi connectivity index (χ4v) is 3.39. The average molecular weight is 320 g/mol. The molecule has 3 heterocycles. The van der Waals surface area contributed by atoms with Gasteiger partial charge in [0, 0.05) is 32.7 Å². The number of nitrogens with one attached hydrogen (secondary N) is 2. The minimum atomic E-state index is -0.0274. The molecular weight excluding hydrogens is 292 g/mol. The zero-order valence-corrected chi connectivity index (χ0v) is 14.5. The van der Waals surface area contributed by atoms with Crippen LogP contribution in [0.25, 0.3) is 0 Å². The molecule has 3 atom stereocenters. The van der Waals surface area contributed by atoms with E-state index in [-0.39, 0.29) is 12.3 Å². The molecule has 0 saturated carbocycles. The number of ether oxygens (including phenoxy) is 1. The average Bonchev–Trinajstić information content (AvgIpc) is 3.14. The van der Waals surface area contributed by atoms with Gasteiger partial charge in [0.15, 0.2) is 6.23 Å². The van der Waals surface area contributed by atoms with Gasteiger partial charge in [0.2, 0.25) is 0 Å². The fourth-order valence-electron chi connectivity index (χ4n) is 3.39. The van der Waals surface area contributed by atoms with Crippen molar-refractivity contribution in [1.29, 1.82) is 5.41 Å². The third-order valence-corrected chi connectivity index (χ3v) is 5.05. The Kier molecular flexibility index (Phi) is 4.59. The summed E-state index contributed by atoms with van der Waals surface area (Å²) in [5.41, 5.74) is 0.854. The van der Waals surface area contributed by atoms with Crippen LogP contribution in [0.5, 0.6) is 0 Å². The maximum absolute atomic E-state index is 8.62. The first-order valence-corrected chi connectivity index (χ1v) is 8.46. The zero-order valence-electron chi connectivity index (χ0n) is 14.5. The summed E-state index contributed by atoms with van der Waals surface area (Å²) in [7, 11) is 4.02. The molecule has 128 valence electrons. The van der Waals surface area contributed by atoms with Crippen molar-refractivity contribution in [1.82, 2.24) is 19.6 Å². The molecule has 2 aliphatic rings. The Morgan fingerprint density at radius 2 is 2.13 bits per heavy atom. The van der Waals surface area contributed by atoms with E-state index in [1.54, 1.807) is 6.20 Å². The second-order valence-corrected chi connectivity index (χ2v) is 6.70. The van der Waals surface area contributed by atoms with Crippen molar-refractivity contribution in [3.63, 3.8) is 0 Å². The zero-order chi connectivity index (χ0) is 16.6. The van der Waals surface area contributed by atoms with Crippen LogP contribution in [0.3, 0.4) is 0 Å². The van der Waals surface area contributed by atoms with Crippen LogP contribution in [0.4, 0.5) is 5.82 Å². The van der Waals surface area contributed by atoms with Gasteiger partial charge in [-0.25, -0.2) is 4.68 Å². The highest BCUT2D eigenvalue weighted by molar-refractivity contribution is 6.00. The van der Waals surface area contributed by atoms with E-state index in [0.29, 0.717) is 11.9 Å². The monoisotopic (exact) mass is 320 g/mol. The fraction of sp³-hybridized carbons (Fsp3) is 0.750. The van der Waals surface area contributed by atoms with Crippen molar-refractivity contribution in [2.75, 3.05) is 39.0 Å². The highest BCUT2D eigenvalue weighted by atomic mass is 16.5. The summed E-state index contributed by atoms with van der Waals surface area (Å²) < 4.78 is 7.82. The number of nitrogens with zero attached hydrogens (tertiary/aromatic N) is 4. The minimum absolute atomic E-state index is 0.0274. The van der Waals surface area contributed by atoms with Crippen LogP contribution in [0.1, 0.15) is 38.5 Å². The third kappa shape index (κ3) is 3.07. The van der Waals surface area contributed by atoms with Gasteiger partial charge in [-0.2, -0.15) is 5.10 Å². The summed E-state index contributed by atoms with van der Waals surface area (Å²) in [6.07, 6.45) is 4.06. The van der Waals surface area contributed by atoms with Gasteiger partial charge in [-0.1, -0.05) is 0 Å². The number of likely N-dealkylation sites (N-methyl/N-ethyl adjacent to an activating group) is 1. The number of hydrogen-bond donors (Lipinski definition) is 2. The molecule has 0 aromatic carbocycles. The third-order valence-electron chi connectivity index (χ3n) is 5.05. The quantitative estimate of drug-likeness (QED) is 0.654. The van der Waals surface area contributed by atoms with Crippen molar-refractivity contribution < 1.29 is 4.74 Å². The second-order valence-electron chi connectivity index (χ2n) is 6.70. The summed E-state index contributed by atoms with van der Waals surface area (Å²) in [6.45, 7) is 7.04. The van der Waals surface area contributed by atoms with Gasteiger partial charge in [-0.05, 0) is 33.7 Å². The first-order chi connectivity index (χ1) is 11.0. The van der Waals surface area contributed by atoms with Crippen LogP contribution in [0.15, 0.2) is 6.20 Å². The standard InChI is InChI=1S/C16H28N6O/c1-11-10-21(8-7-20(11)4)15(17)13-9-19-22(16(13)18-3)14-6-5-12(2)23-14/h9,11-12,14,17-18H,5-8,10H2,1-4H3/t11-,12?,14?/m0/s1. The number of rotatable bonds is 3. The molecule has 7 nitrogen and oxygen atoms in total. The van der Waals surface area contributed by atoms with E-state index in [2.05, 4.69) is 41.1 Å². The van der Waals surface area contributed by atoms with Gasteiger partial charge >= 0.3 is 0 Å². The molecule has 2 aliphatic heterocycles. The molecule has 1 aromatic rings. The Bertz CT molecular complexity index is 571. The van der Waals surface area contributed by atoms with E-state index in [4.69, 9.17) is 10.1 Å². The van der Waals surface area contributed by atoms with E-state index in [0.717, 1.165) is 43.9 Å². The smallest absolute Gasteiger partial charge is 0.152 e. The number of aromatic nitrogens is 2. The minimum Gasteiger partial charge on any atom is -0.373 e. The summed E-state index contributed by atoms with van der Waals surface area (Å²) >= 11 is 0. The maximum Gasteiger partial charge on any atom is 0.152 e. The second kappa shape index (κ2) is 6.49. The molecule has 7 heteroatoms. The molecule has 0 spiro atoms. The van der Waals surface area contributed by atoms with Crippen molar-refractivity contribution >= 4 is 11.7 Å². The van der Waals surface area contributed by atoms with Crippen molar-refractivity contribution in [2.24, 2.45) is 0 Å². The first-order valence-electron chi connectivity index (χ1n) is 8.46. The Morgan fingerprint density at radius 1 is 1.35 bits per heavy atom. The SMILES string of the molecule is CNc1c(C(=N)N2CCN(C)[C@@H](C)C2)cnn1C1CCC(C)O1. The highest BCUT2D eigenvalue weighted by Gasteiger charge is 2.30. The van der Waals surface area contributed by atoms with Crippen LogP contribution in [0.2, 0.25) is 0 Å². The molecule has 23 heavy (non-hydrogen) atoms.